The first kappa shape index (κ1) is 16.6. The largest absolute Gasteiger partial charge is 0.617 e. The van der Waals surface area contributed by atoms with Crippen LogP contribution in [0.1, 0.15) is 6.42 Å². The Morgan fingerprint density at radius 2 is 2.17 bits per heavy atom. The smallest absolute Gasteiger partial charge is 0.142 e. The summed E-state index contributed by atoms with van der Waals surface area (Å²) < 4.78 is 22.2. The second-order valence-electron chi connectivity index (χ2n) is 5.32. The Morgan fingerprint density at radius 3 is 2.92 bits per heavy atom. The molecule has 1 unspecified atom stereocenters. The first-order valence-electron chi connectivity index (χ1n) is 7.58. The summed E-state index contributed by atoms with van der Waals surface area (Å²) in [6.07, 6.45) is 5.89. The van der Waals surface area contributed by atoms with Crippen LogP contribution in [0.2, 0.25) is 0 Å². The number of aromatic nitrogens is 3. The van der Waals surface area contributed by atoms with Crippen LogP contribution in [0, 0.1) is 0 Å². The molecule has 0 fully saturated rings. The SMILES string of the molecule is COc1cc(OCCC[S+](C)[O-])ccc1-c1nc2cnccc2[nH]1. The maximum absolute atomic E-state index is 11.1. The van der Waals surface area contributed by atoms with Gasteiger partial charge in [-0.15, -0.1) is 0 Å². The van der Waals surface area contributed by atoms with Crippen LogP contribution >= 0.6 is 0 Å². The zero-order valence-electron chi connectivity index (χ0n) is 13.6. The van der Waals surface area contributed by atoms with Gasteiger partial charge in [-0.1, -0.05) is 11.2 Å². The van der Waals surface area contributed by atoms with Gasteiger partial charge in [0.25, 0.3) is 0 Å². The summed E-state index contributed by atoms with van der Waals surface area (Å²) in [5.41, 5.74) is 2.59. The monoisotopic (exact) mass is 345 g/mol. The van der Waals surface area contributed by atoms with Gasteiger partial charge in [-0.2, -0.15) is 0 Å². The number of H-pyrrole nitrogens is 1. The summed E-state index contributed by atoms with van der Waals surface area (Å²) in [4.78, 5) is 11.9. The van der Waals surface area contributed by atoms with Crippen LogP contribution in [0.25, 0.3) is 22.4 Å². The second-order valence-corrected chi connectivity index (χ2v) is 6.87. The summed E-state index contributed by atoms with van der Waals surface area (Å²) >= 11 is -0.788. The van der Waals surface area contributed by atoms with Crippen LogP contribution in [0.4, 0.5) is 0 Å². The summed E-state index contributed by atoms with van der Waals surface area (Å²) in [7, 11) is 1.62. The molecule has 24 heavy (non-hydrogen) atoms. The Kier molecular flexibility index (Phi) is 5.22. The van der Waals surface area contributed by atoms with Crippen LogP contribution in [0.3, 0.4) is 0 Å². The third kappa shape index (κ3) is 3.80. The highest BCUT2D eigenvalue weighted by Crippen LogP contribution is 2.32. The lowest BCUT2D eigenvalue weighted by Crippen LogP contribution is -2.08. The number of aromatic amines is 1. The number of hydrogen-bond donors (Lipinski definition) is 1. The van der Waals surface area contributed by atoms with Crippen molar-refractivity contribution in [3.8, 4) is 22.9 Å². The van der Waals surface area contributed by atoms with Gasteiger partial charge in [0.15, 0.2) is 0 Å². The lowest BCUT2D eigenvalue weighted by Gasteiger charge is -2.11. The third-order valence-electron chi connectivity index (χ3n) is 3.56. The van der Waals surface area contributed by atoms with Crippen molar-refractivity contribution in [3.63, 3.8) is 0 Å². The molecule has 2 aromatic heterocycles. The van der Waals surface area contributed by atoms with Crippen molar-refractivity contribution < 1.29 is 14.0 Å². The van der Waals surface area contributed by atoms with Gasteiger partial charge in [-0.25, -0.2) is 4.98 Å². The number of nitrogens with zero attached hydrogens (tertiary/aromatic N) is 2. The van der Waals surface area contributed by atoms with Crippen LogP contribution < -0.4 is 9.47 Å². The van der Waals surface area contributed by atoms with Crippen molar-refractivity contribution >= 4 is 22.2 Å². The highest BCUT2D eigenvalue weighted by atomic mass is 32.2. The fourth-order valence-corrected chi connectivity index (χ4v) is 2.92. The van der Waals surface area contributed by atoms with E-state index < -0.39 is 11.2 Å². The molecule has 1 N–H and O–H groups in total. The van der Waals surface area contributed by atoms with Gasteiger partial charge in [0.2, 0.25) is 0 Å². The molecule has 1 atom stereocenters. The molecule has 0 aliphatic rings. The molecule has 126 valence electrons. The van der Waals surface area contributed by atoms with Gasteiger partial charge in [-0.05, 0) is 18.2 Å². The topological polar surface area (TPSA) is 83.1 Å². The number of imidazole rings is 1. The molecule has 0 aliphatic heterocycles. The number of nitrogens with one attached hydrogen (secondary N) is 1. The molecular weight excluding hydrogens is 326 g/mol. The molecule has 0 aliphatic carbocycles. The fourth-order valence-electron chi connectivity index (χ4n) is 2.39. The molecule has 0 bridgehead atoms. The van der Waals surface area contributed by atoms with E-state index in [9.17, 15) is 4.55 Å². The van der Waals surface area contributed by atoms with E-state index >= 15 is 0 Å². The number of benzene rings is 1. The minimum absolute atomic E-state index is 0.526. The number of fused-ring (bicyclic) bond motifs is 1. The third-order valence-corrected chi connectivity index (χ3v) is 4.42. The van der Waals surface area contributed by atoms with E-state index in [1.54, 1.807) is 25.8 Å². The summed E-state index contributed by atoms with van der Waals surface area (Å²) in [5.74, 6) is 2.76. The first-order valence-corrected chi connectivity index (χ1v) is 9.31. The lowest BCUT2D eigenvalue weighted by atomic mass is 10.2. The van der Waals surface area contributed by atoms with E-state index in [0.717, 1.165) is 34.6 Å². The number of methoxy groups -OCH3 is 1. The van der Waals surface area contributed by atoms with E-state index in [0.29, 0.717) is 18.1 Å². The van der Waals surface area contributed by atoms with E-state index in [1.165, 1.54) is 0 Å². The van der Waals surface area contributed by atoms with Crippen LogP contribution in [0.15, 0.2) is 36.7 Å². The minimum Gasteiger partial charge on any atom is -0.617 e. The normalized spacial score (nSPS) is 12.3. The molecule has 3 aromatic rings. The molecule has 1 aromatic carbocycles. The standard InChI is InChI=1S/C17H19N3O3S/c1-22-16-10-12(23-8-3-9-24(2)21)4-5-13(16)17-19-14-6-7-18-11-15(14)20-17/h4-7,10-11H,3,8-9H2,1-2H3,(H,19,20). The van der Waals surface area contributed by atoms with Gasteiger partial charge >= 0.3 is 0 Å². The molecule has 0 amide bonds. The average molecular weight is 345 g/mol. The average Bonchev–Trinajstić information content (AvgIpc) is 3.02. The molecular formula is C17H19N3O3S. The Morgan fingerprint density at radius 1 is 1.29 bits per heavy atom. The van der Waals surface area contributed by atoms with Gasteiger partial charge < -0.3 is 19.0 Å². The minimum atomic E-state index is -0.788. The van der Waals surface area contributed by atoms with Gasteiger partial charge in [0.1, 0.15) is 28.6 Å². The summed E-state index contributed by atoms with van der Waals surface area (Å²) in [6.45, 7) is 0.526. The van der Waals surface area contributed by atoms with Crippen LogP contribution in [-0.4, -0.2) is 45.2 Å². The van der Waals surface area contributed by atoms with Gasteiger partial charge in [-0.3, -0.25) is 4.98 Å². The quantitative estimate of drug-likeness (QED) is 0.526. The highest BCUT2D eigenvalue weighted by molar-refractivity contribution is 7.90. The number of ether oxygens (including phenoxy) is 2. The van der Waals surface area contributed by atoms with Crippen molar-refractivity contribution in [1.82, 2.24) is 15.0 Å². The lowest BCUT2D eigenvalue weighted by molar-refractivity contribution is 0.315. The zero-order valence-corrected chi connectivity index (χ0v) is 14.4. The molecule has 3 rings (SSSR count). The Balaban J connectivity index is 1.79. The zero-order chi connectivity index (χ0) is 16.9. The molecule has 0 saturated heterocycles. The Bertz CT molecular complexity index is 787. The van der Waals surface area contributed by atoms with Crippen LogP contribution in [-0.2, 0) is 11.2 Å². The second kappa shape index (κ2) is 7.55. The number of pyridine rings is 1. The predicted molar refractivity (Wildman–Crippen MR) is 94.9 cm³/mol. The van der Waals surface area contributed by atoms with Crippen molar-refractivity contribution in [2.75, 3.05) is 25.7 Å². The van der Waals surface area contributed by atoms with Crippen molar-refractivity contribution in [2.24, 2.45) is 0 Å². The summed E-state index contributed by atoms with van der Waals surface area (Å²) in [5, 5.41) is 0. The van der Waals surface area contributed by atoms with E-state index in [1.807, 2.05) is 24.3 Å². The molecule has 7 heteroatoms. The summed E-state index contributed by atoms with van der Waals surface area (Å²) in [6, 6.07) is 7.51. The molecule has 6 nitrogen and oxygen atoms in total. The van der Waals surface area contributed by atoms with Crippen molar-refractivity contribution in [3.05, 3.63) is 36.7 Å². The van der Waals surface area contributed by atoms with E-state index in [2.05, 4.69) is 15.0 Å². The van der Waals surface area contributed by atoms with Crippen LogP contribution in [0.5, 0.6) is 11.5 Å². The maximum Gasteiger partial charge on any atom is 0.142 e. The van der Waals surface area contributed by atoms with E-state index in [4.69, 9.17) is 9.47 Å². The molecule has 2 heterocycles. The first-order chi connectivity index (χ1) is 11.7. The maximum atomic E-state index is 11.1. The van der Waals surface area contributed by atoms with E-state index in [-0.39, 0.29) is 0 Å². The number of rotatable bonds is 7. The Hall–Kier alpha value is -2.25. The number of hydrogen-bond acceptors (Lipinski definition) is 5. The van der Waals surface area contributed by atoms with Crippen molar-refractivity contribution in [1.29, 1.82) is 0 Å². The Labute approximate surface area is 143 Å². The molecule has 0 radical (unpaired) electrons. The van der Waals surface area contributed by atoms with Gasteiger partial charge in [0.05, 0.1) is 37.2 Å². The van der Waals surface area contributed by atoms with Crippen molar-refractivity contribution in [2.45, 2.75) is 6.42 Å². The van der Waals surface area contributed by atoms with Gasteiger partial charge in [0, 0.05) is 18.7 Å². The highest BCUT2D eigenvalue weighted by Gasteiger charge is 2.12. The fraction of sp³-hybridized carbons (Fsp3) is 0.294. The predicted octanol–water partition coefficient (Wildman–Crippen LogP) is 2.78. The molecule has 0 spiro atoms. The molecule has 0 saturated carbocycles.